The highest BCUT2D eigenvalue weighted by Crippen LogP contribution is 2.41. The third kappa shape index (κ3) is 1.94. The summed E-state index contributed by atoms with van der Waals surface area (Å²) in [6, 6.07) is 3.32. The van der Waals surface area contributed by atoms with Crippen LogP contribution < -0.4 is 19.9 Å². The molecular weight excluding hydrogens is 209 g/mol. The van der Waals surface area contributed by atoms with Gasteiger partial charge in [-0.3, -0.25) is 0 Å². The topological polar surface area (TPSA) is 73.9 Å². The standard InChI is InChI=1S/C10H12BNO4/c1-14-7-5-9-8(4-6(7)2-3-12)15-10(11,13)16-9/h4-5,13H,2-3,12H2,1H3. The van der Waals surface area contributed by atoms with Gasteiger partial charge in [0.1, 0.15) is 5.75 Å². The van der Waals surface area contributed by atoms with Crippen LogP contribution in [0.5, 0.6) is 17.2 Å². The number of hydrogen-bond donors (Lipinski definition) is 2. The number of hydrogen-bond acceptors (Lipinski definition) is 5. The summed E-state index contributed by atoms with van der Waals surface area (Å²) in [6.07, 6.45) is 0.642. The summed E-state index contributed by atoms with van der Waals surface area (Å²) in [5.41, 5.74) is 6.36. The molecule has 1 aromatic carbocycles. The van der Waals surface area contributed by atoms with E-state index in [1.165, 1.54) is 0 Å². The van der Waals surface area contributed by atoms with Gasteiger partial charge in [0, 0.05) is 6.07 Å². The highest BCUT2D eigenvalue weighted by Gasteiger charge is 2.34. The molecule has 1 aliphatic heterocycles. The van der Waals surface area contributed by atoms with Crippen molar-refractivity contribution >= 4 is 7.85 Å². The Balaban J connectivity index is 2.38. The highest BCUT2D eigenvalue weighted by atomic mass is 16.8. The number of benzene rings is 1. The highest BCUT2D eigenvalue weighted by molar-refractivity contribution is 6.12. The third-order valence-electron chi connectivity index (χ3n) is 2.27. The Bertz CT molecular complexity index is 408. The minimum Gasteiger partial charge on any atom is -0.496 e. The van der Waals surface area contributed by atoms with E-state index >= 15 is 0 Å². The van der Waals surface area contributed by atoms with Crippen LogP contribution in [-0.4, -0.2) is 32.5 Å². The predicted molar refractivity (Wildman–Crippen MR) is 57.7 cm³/mol. The van der Waals surface area contributed by atoms with E-state index in [0.717, 1.165) is 5.56 Å². The first-order valence-corrected chi connectivity index (χ1v) is 4.86. The van der Waals surface area contributed by atoms with E-state index < -0.39 is 5.87 Å². The van der Waals surface area contributed by atoms with Crippen LogP contribution in [-0.2, 0) is 6.42 Å². The van der Waals surface area contributed by atoms with Crippen molar-refractivity contribution in [2.24, 2.45) is 5.73 Å². The van der Waals surface area contributed by atoms with Gasteiger partial charge in [0.2, 0.25) is 7.85 Å². The fourth-order valence-electron chi connectivity index (χ4n) is 1.62. The van der Waals surface area contributed by atoms with Crippen molar-refractivity contribution in [3.05, 3.63) is 17.7 Å². The molecule has 84 valence electrons. The summed E-state index contributed by atoms with van der Waals surface area (Å²) in [6.45, 7) is 0.489. The second-order valence-corrected chi connectivity index (χ2v) is 3.48. The molecule has 0 spiro atoms. The molecule has 0 fully saturated rings. The van der Waals surface area contributed by atoms with Crippen LogP contribution in [0.15, 0.2) is 12.1 Å². The fraction of sp³-hybridized carbons (Fsp3) is 0.400. The molecule has 1 aliphatic rings. The van der Waals surface area contributed by atoms with Gasteiger partial charge in [-0.15, -0.1) is 0 Å². The molecule has 0 bridgehead atoms. The number of methoxy groups -OCH3 is 1. The first-order chi connectivity index (χ1) is 7.55. The Morgan fingerprint density at radius 3 is 2.62 bits per heavy atom. The zero-order valence-electron chi connectivity index (χ0n) is 8.90. The zero-order valence-corrected chi connectivity index (χ0v) is 8.90. The minimum atomic E-state index is -2.10. The molecule has 2 radical (unpaired) electrons. The van der Waals surface area contributed by atoms with Crippen molar-refractivity contribution in [2.75, 3.05) is 13.7 Å². The van der Waals surface area contributed by atoms with Crippen molar-refractivity contribution in [2.45, 2.75) is 12.3 Å². The smallest absolute Gasteiger partial charge is 0.302 e. The first kappa shape index (κ1) is 11.1. The SMILES string of the molecule is [B]C1(O)Oc2cc(CCN)c(OC)cc2O1. The summed E-state index contributed by atoms with van der Waals surface area (Å²) >= 11 is 0. The Kier molecular flexibility index (Phi) is 2.69. The van der Waals surface area contributed by atoms with E-state index in [4.69, 9.17) is 27.8 Å². The van der Waals surface area contributed by atoms with Gasteiger partial charge in [-0.1, -0.05) is 0 Å². The lowest BCUT2D eigenvalue weighted by Gasteiger charge is -2.15. The summed E-state index contributed by atoms with van der Waals surface area (Å²) in [5.74, 6) is -0.739. The number of rotatable bonds is 3. The number of fused-ring (bicyclic) bond motifs is 1. The van der Waals surface area contributed by atoms with Gasteiger partial charge in [0.15, 0.2) is 11.5 Å². The van der Waals surface area contributed by atoms with E-state index in [1.807, 2.05) is 0 Å². The summed E-state index contributed by atoms with van der Waals surface area (Å²) < 4.78 is 15.1. The summed E-state index contributed by atoms with van der Waals surface area (Å²) in [4.78, 5) is 0. The second-order valence-electron chi connectivity index (χ2n) is 3.48. The van der Waals surface area contributed by atoms with Crippen molar-refractivity contribution < 1.29 is 19.3 Å². The molecule has 0 saturated carbocycles. The fourth-order valence-corrected chi connectivity index (χ4v) is 1.62. The van der Waals surface area contributed by atoms with Gasteiger partial charge in [-0.2, -0.15) is 0 Å². The predicted octanol–water partition coefficient (Wildman–Crippen LogP) is -0.260. The molecular formula is C10H12BNO4. The van der Waals surface area contributed by atoms with Gasteiger partial charge in [0.25, 0.3) is 0 Å². The van der Waals surface area contributed by atoms with E-state index in [0.29, 0.717) is 30.2 Å². The normalized spacial score (nSPS) is 22.2. The molecule has 1 heterocycles. The van der Waals surface area contributed by atoms with Crippen LogP contribution in [0.4, 0.5) is 0 Å². The monoisotopic (exact) mass is 221 g/mol. The average molecular weight is 221 g/mol. The van der Waals surface area contributed by atoms with Crippen LogP contribution >= 0.6 is 0 Å². The van der Waals surface area contributed by atoms with Crippen LogP contribution in [0.3, 0.4) is 0 Å². The first-order valence-electron chi connectivity index (χ1n) is 4.86. The lowest BCUT2D eigenvalue weighted by Crippen LogP contribution is -2.38. The zero-order chi connectivity index (χ0) is 11.8. The molecule has 1 unspecified atom stereocenters. The van der Waals surface area contributed by atoms with Gasteiger partial charge in [0.05, 0.1) is 7.11 Å². The van der Waals surface area contributed by atoms with E-state index in [-0.39, 0.29) is 0 Å². The molecule has 1 aromatic rings. The number of nitrogens with two attached hydrogens (primary N) is 1. The molecule has 0 aromatic heterocycles. The molecule has 6 heteroatoms. The lowest BCUT2D eigenvalue weighted by atomic mass is 10.1. The molecule has 1 atom stereocenters. The Labute approximate surface area is 94.5 Å². The van der Waals surface area contributed by atoms with Crippen molar-refractivity contribution in [1.82, 2.24) is 0 Å². The van der Waals surface area contributed by atoms with Crippen molar-refractivity contribution in [3.63, 3.8) is 0 Å². The van der Waals surface area contributed by atoms with E-state index in [1.54, 1.807) is 19.2 Å². The Morgan fingerprint density at radius 1 is 1.44 bits per heavy atom. The molecule has 5 nitrogen and oxygen atoms in total. The maximum atomic E-state index is 9.37. The maximum absolute atomic E-state index is 9.37. The largest absolute Gasteiger partial charge is 0.496 e. The van der Waals surface area contributed by atoms with Crippen LogP contribution in [0.25, 0.3) is 0 Å². The van der Waals surface area contributed by atoms with E-state index in [2.05, 4.69) is 0 Å². The molecule has 2 rings (SSSR count). The molecule has 16 heavy (non-hydrogen) atoms. The number of aliphatic hydroxyl groups is 1. The quantitative estimate of drug-likeness (QED) is 0.688. The molecule has 0 saturated heterocycles. The van der Waals surface area contributed by atoms with Crippen molar-refractivity contribution in [3.8, 4) is 17.2 Å². The van der Waals surface area contributed by atoms with Crippen molar-refractivity contribution in [1.29, 1.82) is 0 Å². The molecule has 3 N–H and O–H groups in total. The molecule has 0 amide bonds. The Morgan fingerprint density at radius 2 is 2.06 bits per heavy atom. The van der Waals surface area contributed by atoms with Gasteiger partial charge >= 0.3 is 5.87 Å². The van der Waals surface area contributed by atoms with Gasteiger partial charge in [-0.25, -0.2) is 0 Å². The second kappa shape index (κ2) is 3.88. The van der Waals surface area contributed by atoms with E-state index in [9.17, 15) is 5.11 Å². The van der Waals surface area contributed by atoms with Crippen LogP contribution in [0.1, 0.15) is 5.56 Å². The molecule has 0 aliphatic carbocycles. The van der Waals surface area contributed by atoms with Gasteiger partial charge in [-0.05, 0) is 24.6 Å². The summed E-state index contributed by atoms with van der Waals surface area (Å²) in [7, 11) is 6.84. The van der Waals surface area contributed by atoms with Gasteiger partial charge < -0.3 is 25.1 Å². The lowest BCUT2D eigenvalue weighted by molar-refractivity contribution is -0.178. The number of ether oxygens (including phenoxy) is 3. The minimum absolute atomic E-state index is 0.350. The summed E-state index contributed by atoms with van der Waals surface area (Å²) in [5, 5.41) is 9.37. The Hall–Kier alpha value is -1.40. The van der Waals surface area contributed by atoms with Crippen LogP contribution in [0.2, 0.25) is 0 Å². The maximum Gasteiger partial charge on any atom is 0.302 e. The third-order valence-corrected chi connectivity index (χ3v) is 2.27. The average Bonchev–Trinajstić information content (AvgIpc) is 2.50. The van der Waals surface area contributed by atoms with Crippen LogP contribution in [0, 0.1) is 0 Å².